The molecule has 1 aliphatic carbocycles. The molecule has 2 aliphatic rings. The van der Waals surface area contributed by atoms with Crippen molar-refractivity contribution in [3.8, 4) is 17.0 Å². The van der Waals surface area contributed by atoms with E-state index in [1.165, 1.54) is 6.07 Å². The maximum absolute atomic E-state index is 13.9. The molecule has 1 N–H and O–H groups in total. The summed E-state index contributed by atoms with van der Waals surface area (Å²) in [6.07, 6.45) is 3.23. The molecule has 4 rings (SSSR count). The van der Waals surface area contributed by atoms with Crippen LogP contribution in [0, 0.1) is 5.82 Å². The van der Waals surface area contributed by atoms with Crippen molar-refractivity contribution in [2.75, 3.05) is 13.2 Å². The van der Waals surface area contributed by atoms with E-state index in [0.717, 1.165) is 29.7 Å². The van der Waals surface area contributed by atoms with Crippen molar-refractivity contribution < 1.29 is 19.0 Å². The molecule has 4 nitrogen and oxygen atoms in total. The van der Waals surface area contributed by atoms with Crippen molar-refractivity contribution in [1.29, 1.82) is 0 Å². The zero-order valence-electron chi connectivity index (χ0n) is 12.7. The first kappa shape index (κ1) is 14.6. The minimum atomic E-state index is -0.706. The first-order valence-corrected chi connectivity index (χ1v) is 7.92. The maximum Gasteiger partial charge on any atom is 0.213 e. The summed E-state index contributed by atoms with van der Waals surface area (Å²) in [4.78, 5) is 4.35. The van der Waals surface area contributed by atoms with Gasteiger partial charge in [-0.1, -0.05) is 6.07 Å². The maximum atomic E-state index is 13.9. The SMILES string of the molecule is O[C@H]1CCc2c(-c3ccc(O[C@@H]4CCOC4)nc3)ccc(F)c21. The Morgan fingerprint density at radius 1 is 1.22 bits per heavy atom. The van der Waals surface area contributed by atoms with Gasteiger partial charge in [-0.3, -0.25) is 0 Å². The van der Waals surface area contributed by atoms with Crippen LogP contribution in [0.4, 0.5) is 4.39 Å². The highest BCUT2D eigenvalue weighted by atomic mass is 19.1. The molecule has 0 bridgehead atoms. The van der Waals surface area contributed by atoms with Crippen LogP contribution >= 0.6 is 0 Å². The molecule has 1 aliphatic heterocycles. The van der Waals surface area contributed by atoms with E-state index in [9.17, 15) is 9.50 Å². The third-order valence-corrected chi connectivity index (χ3v) is 4.53. The van der Waals surface area contributed by atoms with Gasteiger partial charge in [0.1, 0.15) is 11.9 Å². The van der Waals surface area contributed by atoms with E-state index >= 15 is 0 Å². The van der Waals surface area contributed by atoms with Gasteiger partial charge in [-0.25, -0.2) is 9.37 Å². The van der Waals surface area contributed by atoms with Crippen molar-refractivity contribution in [2.24, 2.45) is 0 Å². The molecule has 120 valence electrons. The summed E-state index contributed by atoms with van der Waals surface area (Å²) >= 11 is 0. The largest absolute Gasteiger partial charge is 0.472 e. The average Bonchev–Trinajstić information content (AvgIpc) is 3.19. The van der Waals surface area contributed by atoms with Crippen LogP contribution in [0.5, 0.6) is 5.88 Å². The quantitative estimate of drug-likeness (QED) is 0.946. The number of halogens is 1. The molecular formula is C18H18FNO3. The standard InChI is InChI=1S/C18H18FNO3/c19-15-4-2-13(14-3-5-16(21)18(14)15)11-1-6-17(20-9-11)23-12-7-8-22-10-12/h1-2,4,6,9,12,16,21H,3,5,7-8,10H2/t12-,16+/m1/s1. The predicted molar refractivity (Wildman–Crippen MR) is 82.8 cm³/mol. The van der Waals surface area contributed by atoms with Crippen LogP contribution in [0.2, 0.25) is 0 Å². The van der Waals surface area contributed by atoms with E-state index in [-0.39, 0.29) is 11.9 Å². The van der Waals surface area contributed by atoms with E-state index in [2.05, 4.69) is 4.98 Å². The lowest BCUT2D eigenvalue weighted by Gasteiger charge is -2.13. The van der Waals surface area contributed by atoms with Gasteiger partial charge in [0, 0.05) is 29.8 Å². The second-order valence-corrected chi connectivity index (χ2v) is 6.03. The molecule has 0 radical (unpaired) electrons. The average molecular weight is 315 g/mol. The molecule has 2 aromatic rings. The van der Waals surface area contributed by atoms with Crippen LogP contribution in [0.3, 0.4) is 0 Å². The Bertz CT molecular complexity index is 711. The molecule has 0 unspecified atom stereocenters. The molecule has 5 heteroatoms. The molecule has 1 fully saturated rings. The summed E-state index contributed by atoms with van der Waals surface area (Å²) in [6.45, 7) is 1.33. The van der Waals surface area contributed by atoms with Crippen molar-refractivity contribution in [2.45, 2.75) is 31.5 Å². The van der Waals surface area contributed by atoms with E-state index in [1.54, 1.807) is 12.3 Å². The number of pyridine rings is 1. The predicted octanol–water partition coefficient (Wildman–Crippen LogP) is 3.04. The third kappa shape index (κ3) is 2.71. The molecule has 23 heavy (non-hydrogen) atoms. The van der Waals surface area contributed by atoms with Gasteiger partial charge in [-0.15, -0.1) is 0 Å². The summed E-state index contributed by atoms with van der Waals surface area (Å²) < 4.78 is 25.0. The molecule has 1 saturated heterocycles. The third-order valence-electron chi connectivity index (χ3n) is 4.53. The van der Waals surface area contributed by atoms with Crippen LogP contribution in [-0.4, -0.2) is 29.4 Å². The minimum Gasteiger partial charge on any atom is -0.472 e. The van der Waals surface area contributed by atoms with Crippen LogP contribution in [0.1, 0.15) is 30.1 Å². The number of benzene rings is 1. The van der Waals surface area contributed by atoms with Gasteiger partial charge in [0.15, 0.2) is 0 Å². The topological polar surface area (TPSA) is 51.6 Å². The fourth-order valence-corrected chi connectivity index (χ4v) is 3.35. The highest BCUT2D eigenvalue weighted by molar-refractivity contribution is 5.69. The van der Waals surface area contributed by atoms with Gasteiger partial charge in [-0.2, -0.15) is 0 Å². The minimum absolute atomic E-state index is 0.0681. The Morgan fingerprint density at radius 2 is 2.13 bits per heavy atom. The van der Waals surface area contributed by atoms with Crippen molar-refractivity contribution >= 4 is 0 Å². The lowest BCUT2D eigenvalue weighted by molar-refractivity contribution is 0.138. The Balaban J connectivity index is 1.61. The Morgan fingerprint density at radius 3 is 2.87 bits per heavy atom. The number of hydrogen-bond donors (Lipinski definition) is 1. The lowest BCUT2D eigenvalue weighted by Crippen LogP contribution is -2.16. The first-order chi connectivity index (χ1) is 11.2. The normalized spacial score (nSPS) is 23.0. The van der Waals surface area contributed by atoms with Crippen molar-refractivity contribution in [1.82, 2.24) is 4.98 Å². The molecule has 0 saturated carbocycles. The fraction of sp³-hybridized carbons (Fsp3) is 0.389. The molecule has 0 amide bonds. The van der Waals surface area contributed by atoms with Gasteiger partial charge >= 0.3 is 0 Å². The van der Waals surface area contributed by atoms with Gasteiger partial charge in [0.05, 0.1) is 19.3 Å². The number of aromatic nitrogens is 1. The highest BCUT2D eigenvalue weighted by Gasteiger charge is 2.27. The molecule has 0 spiro atoms. The summed E-state index contributed by atoms with van der Waals surface area (Å²) in [5.41, 5.74) is 3.16. The van der Waals surface area contributed by atoms with Crippen LogP contribution in [-0.2, 0) is 11.2 Å². The zero-order valence-corrected chi connectivity index (χ0v) is 12.7. The summed E-state index contributed by atoms with van der Waals surface area (Å²) in [6, 6.07) is 6.93. The molecule has 2 heterocycles. The van der Waals surface area contributed by atoms with Crippen molar-refractivity contribution in [3.05, 3.63) is 47.4 Å². The number of hydrogen-bond acceptors (Lipinski definition) is 4. The smallest absolute Gasteiger partial charge is 0.213 e. The van der Waals surface area contributed by atoms with E-state index < -0.39 is 6.10 Å². The van der Waals surface area contributed by atoms with Crippen LogP contribution in [0.25, 0.3) is 11.1 Å². The second kappa shape index (κ2) is 5.91. The molecule has 2 atom stereocenters. The molecule has 1 aromatic heterocycles. The number of aliphatic hydroxyl groups is 1. The number of rotatable bonds is 3. The van der Waals surface area contributed by atoms with E-state index in [4.69, 9.17) is 9.47 Å². The Labute approximate surface area is 133 Å². The highest BCUT2D eigenvalue weighted by Crippen LogP contribution is 2.39. The first-order valence-electron chi connectivity index (χ1n) is 7.92. The van der Waals surface area contributed by atoms with Crippen molar-refractivity contribution in [3.63, 3.8) is 0 Å². The Kier molecular flexibility index (Phi) is 3.75. The summed E-state index contributed by atoms with van der Waals surface area (Å²) in [5.74, 6) is 0.242. The molecular weight excluding hydrogens is 297 g/mol. The van der Waals surface area contributed by atoms with Gasteiger partial charge in [-0.05, 0) is 36.1 Å². The second-order valence-electron chi connectivity index (χ2n) is 6.03. The molecule has 1 aromatic carbocycles. The summed E-state index contributed by atoms with van der Waals surface area (Å²) in [7, 11) is 0. The van der Waals surface area contributed by atoms with Crippen LogP contribution < -0.4 is 4.74 Å². The lowest BCUT2D eigenvalue weighted by atomic mass is 9.97. The van der Waals surface area contributed by atoms with Crippen LogP contribution in [0.15, 0.2) is 30.5 Å². The number of fused-ring (bicyclic) bond motifs is 1. The monoisotopic (exact) mass is 315 g/mol. The number of nitrogens with zero attached hydrogens (tertiary/aromatic N) is 1. The number of ether oxygens (including phenoxy) is 2. The zero-order chi connectivity index (χ0) is 15.8. The fourth-order valence-electron chi connectivity index (χ4n) is 3.35. The number of aliphatic hydroxyl groups excluding tert-OH is 1. The van der Waals surface area contributed by atoms with E-state index in [1.807, 2.05) is 12.1 Å². The van der Waals surface area contributed by atoms with Gasteiger partial charge in [0.25, 0.3) is 0 Å². The Hall–Kier alpha value is -1.98. The van der Waals surface area contributed by atoms with Gasteiger partial charge < -0.3 is 14.6 Å². The van der Waals surface area contributed by atoms with Gasteiger partial charge in [0.2, 0.25) is 5.88 Å². The summed E-state index contributed by atoms with van der Waals surface area (Å²) in [5, 5.41) is 9.95. The van der Waals surface area contributed by atoms with E-state index in [0.29, 0.717) is 30.9 Å².